The lowest BCUT2D eigenvalue weighted by atomic mass is 9.82. The summed E-state index contributed by atoms with van der Waals surface area (Å²) in [5.74, 6) is 0.679. The molecule has 0 aliphatic heterocycles. The number of hydrogen-bond acceptors (Lipinski definition) is 3. The van der Waals surface area contributed by atoms with E-state index in [0.717, 1.165) is 25.1 Å². The van der Waals surface area contributed by atoms with E-state index in [1.807, 2.05) is 16.9 Å². The van der Waals surface area contributed by atoms with Gasteiger partial charge in [0.2, 0.25) is 0 Å². The molecule has 2 N–H and O–H groups in total. The molecule has 2 rings (SSSR count). The number of nitrogens with zero attached hydrogens (tertiary/aromatic N) is 2. The molecule has 1 saturated carbocycles. The zero-order valence-corrected chi connectivity index (χ0v) is 10.1. The van der Waals surface area contributed by atoms with Crippen molar-refractivity contribution < 1.29 is 4.74 Å². The van der Waals surface area contributed by atoms with Crippen molar-refractivity contribution in [1.82, 2.24) is 9.78 Å². The number of nitrogens with two attached hydrogens (primary N) is 1. The van der Waals surface area contributed by atoms with Crippen molar-refractivity contribution in [3.8, 4) is 0 Å². The molecule has 0 bridgehead atoms. The molecule has 1 aromatic heterocycles. The first-order valence-electron chi connectivity index (χ1n) is 6.04. The Morgan fingerprint density at radius 2 is 2.31 bits per heavy atom. The normalized spacial score (nSPS) is 24.8. The molecular formula is C12H21N3O. The van der Waals surface area contributed by atoms with E-state index < -0.39 is 0 Å². The minimum Gasteiger partial charge on any atom is -0.372 e. The van der Waals surface area contributed by atoms with Gasteiger partial charge in [-0.05, 0) is 45.2 Å². The number of hydrogen-bond donors (Lipinski definition) is 1. The van der Waals surface area contributed by atoms with Gasteiger partial charge in [0, 0.05) is 12.2 Å². The second-order valence-corrected chi connectivity index (χ2v) is 4.89. The van der Waals surface area contributed by atoms with Crippen molar-refractivity contribution in [2.45, 2.75) is 45.4 Å². The Hall–Kier alpha value is -0.870. The van der Waals surface area contributed by atoms with Crippen molar-refractivity contribution in [3.05, 3.63) is 18.0 Å². The highest BCUT2D eigenvalue weighted by molar-refractivity contribution is 4.98. The van der Waals surface area contributed by atoms with Crippen LogP contribution in [0.2, 0.25) is 0 Å². The quantitative estimate of drug-likeness (QED) is 0.827. The molecule has 0 unspecified atom stereocenters. The Balaban J connectivity index is 1.73. The predicted molar refractivity (Wildman–Crippen MR) is 63.0 cm³/mol. The summed E-state index contributed by atoms with van der Waals surface area (Å²) in [6, 6.07) is 2.44. The van der Waals surface area contributed by atoms with E-state index >= 15 is 0 Å². The van der Waals surface area contributed by atoms with Crippen LogP contribution in [0.3, 0.4) is 0 Å². The summed E-state index contributed by atoms with van der Waals surface area (Å²) in [4.78, 5) is 0. The summed E-state index contributed by atoms with van der Waals surface area (Å²) >= 11 is 0. The molecule has 16 heavy (non-hydrogen) atoms. The number of ether oxygens (including phenoxy) is 1. The first kappa shape index (κ1) is 11.6. The van der Waals surface area contributed by atoms with Gasteiger partial charge in [0.25, 0.3) is 0 Å². The maximum atomic E-state index is 5.76. The van der Waals surface area contributed by atoms with Gasteiger partial charge in [-0.15, -0.1) is 0 Å². The van der Waals surface area contributed by atoms with Crippen molar-refractivity contribution in [1.29, 1.82) is 0 Å². The molecule has 0 spiro atoms. The Bertz CT molecular complexity index is 329. The van der Waals surface area contributed by atoms with Crippen LogP contribution in [0.15, 0.2) is 12.3 Å². The number of aromatic nitrogens is 2. The van der Waals surface area contributed by atoms with Crippen LogP contribution in [0.25, 0.3) is 0 Å². The average molecular weight is 223 g/mol. The second-order valence-electron chi connectivity index (χ2n) is 4.89. The predicted octanol–water partition coefficient (Wildman–Crippen LogP) is 1.72. The van der Waals surface area contributed by atoms with E-state index in [-0.39, 0.29) is 0 Å². The minimum absolute atomic E-state index is 0.401. The molecular weight excluding hydrogens is 202 g/mol. The Kier molecular flexibility index (Phi) is 3.61. The fourth-order valence-corrected chi connectivity index (χ4v) is 1.95. The van der Waals surface area contributed by atoms with Gasteiger partial charge in [-0.2, -0.15) is 5.10 Å². The molecule has 1 aromatic rings. The maximum absolute atomic E-state index is 5.76. The van der Waals surface area contributed by atoms with Crippen LogP contribution in [0.4, 0.5) is 0 Å². The molecule has 4 nitrogen and oxygen atoms in total. The molecule has 1 heterocycles. The fraction of sp³-hybridized carbons (Fsp3) is 0.750. The van der Waals surface area contributed by atoms with Gasteiger partial charge in [-0.3, -0.25) is 4.68 Å². The molecule has 0 aromatic carbocycles. The first-order chi connectivity index (χ1) is 7.69. The molecule has 90 valence electrons. The van der Waals surface area contributed by atoms with Crippen molar-refractivity contribution in [2.75, 3.05) is 6.54 Å². The van der Waals surface area contributed by atoms with E-state index in [0.29, 0.717) is 24.7 Å². The average Bonchev–Trinajstić information content (AvgIpc) is 2.64. The molecule has 0 amide bonds. The third kappa shape index (κ3) is 2.62. The lowest BCUT2D eigenvalue weighted by Gasteiger charge is -2.33. The lowest BCUT2D eigenvalue weighted by molar-refractivity contribution is -0.0389. The summed E-state index contributed by atoms with van der Waals surface area (Å²) in [6.45, 7) is 5.66. The maximum Gasteiger partial charge on any atom is 0.0910 e. The van der Waals surface area contributed by atoms with Crippen LogP contribution in [0, 0.1) is 5.92 Å². The SMILES string of the molecule is CC(C)n1ccc(COC2CC(CN)C2)n1. The molecule has 1 aliphatic rings. The Morgan fingerprint density at radius 1 is 1.56 bits per heavy atom. The monoisotopic (exact) mass is 223 g/mol. The van der Waals surface area contributed by atoms with E-state index in [2.05, 4.69) is 18.9 Å². The van der Waals surface area contributed by atoms with Crippen molar-refractivity contribution >= 4 is 0 Å². The van der Waals surface area contributed by atoms with E-state index in [1.54, 1.807) is 0 Å². The smallest absolute Gasteiger partial charge is 0.0910 e. The lowest BCUT2D eigenvalue weighted by Crippen LogP contribution is -2.35. The third-order valence-electron chi connectivity index (χ3n) is 3.19. The molecule has 0 atom stereocenters. The second kappa shape index (κ2) is 4.97. The van der Waals surface area contributed by atoms with Gasteiger partial charge >= 0.3 is 0 Å². The van der Waals surface area contributed by atoms with Crippen LogP contribution in [-0.2, 0) is 11.3 Å². The highest BCUT2D eigenvalue weighted by atomic mass is 16.5. The van der Waals surface area contributed by atoms with Gasteiger partial charge < -0.3 is 10.5 Å². The van der Waals surface area contributed by atoms with Crippen molar-refractivity contribution in [2.24, 2.45) is 11.7 Å². The summed E-state index contributed by atoms with van der Waals surface area (Å²) in [7, 11) is 0. The van der Waals surface area contributed by atoms with Crippen molar-refractivity contribution in [3.63, 3.8) is 0 Å². The Labute approximate surface area is 96.8 Å². The molecule has 0 radical (unpaired) electrons. The Morgan fingerprint density at radius 3 is 2.88 bits per heavy atom. The zero-order valence-electron chi connectivity index (χ0n) is 10.1. The van der Waals surface area contributed by atoms with E-state index in [4.69, 9.17) is 10.5 Å². The van der Waals surface area contributed by atoms with Crippen LogP contribution in [0.1, 0.15) is 38.4 Å². The summed E-state index contributed by atoms with van der Waals surface area (Å²) in [6.07, 6.45) is 4.63. The molecule has 1 fully saturated rings. The molecule has 0 saturated heterocycles. The fourth-order valence-electron chi connectivity index (χ4n) is 1.95. The van der Waals surface area contributed by atoms with Crippen LogP contribution in [-0.4, -0.2) is 22.4 Å². The minimum atomic E-state index is 0.401. The van der Waals surface area contributed by atoms with Crippen LogP contribution >= 0.6 is 0 Å². The highest BCUT2D eigenvalue weighted by Crippen LogP contribution is 2.29. The third-order valence-corrected chi connectivity index (χ3v) is 3.19. The molecule has 1 aliphatic carbocycles. The zero-order chi connectivity index (χ0) is 11.5. The van der Waals surface area contributed by atoms with Crippen LogP contribution in [0.5, 0.6) is 0 Å². The van der Waals surface area contributed by atoms with E-state index in [9.17, 15) is 0 Å². The topological polar surface area (TPSA) is 53.1 Å². The van der Waals surface area contributed by atoms with E-state index in [1.165, 1.54) is 0 Å². The van der Waals surface area contributed by atoms with Gasteiger partial charge in [0.1, 0.15) is 0 Å². The standard InChI is InChI=1S/C12H21N3O/c1-9(2)15-4-3-11(14-15)8-16-12-5-10(6-12)7-13/h3-4,9-10,12H,5-8,13H2,1-2H3. The molecule has 4 heteroatoms. The van der Waals surface area contributed by atoms with Gasteiger partial charge in [-0.25, -0.2) is 0 Å². The highest BCUT2D eigenvalue weighted by Gasteiger charge is 2.28. The summed E-state index contributed by atoms with van der Waals surface area (Å²) in [5.41, 5.74) is 6.59. The summed E-state index contributed by atoms with van der Waals surface area (Å²) < 4.78 is 7.72. The largest absolute Gasteiger partial charge is 0.372 e. The number of rotatable bonds is 5. The van der Waals surface area contributed by atoms with Crippen LogP contribution < -0.4 is 5.73 Å². The van der Waals surface area contributed by atoms with Gasteiger partial charge in [-0.1, -0.05) is 0 Å². The van der Waals surface area contributed by atoms with Gasteiger partial charge in [0.15, 0.2) is 0 Å². The first-order valence-corrected chi connectivity index (χ1v) is 6.04. The summed E-state index contributed by atoms with van der Waals surface area (Å²) in [5, 5.41) is 4.45. The van der Waals surface area contributed by atoms with Gasteiger partial charge in [0.05, 0.1) is 18.4 Å².